The Morgan fingerprint density at radius 1 is 1.26 bits per heavy atom. The van der Waals surface area contributed by atoms with E-state index in [1.807, 2.05) is 36.1 Å². The van der Waals surface area contributed by atoms with Gasteiger partial charge in [0.1, 0.15) is 11.3 Å². The van der Waals surface area contributed by atoms with Crippen molar-refractivity contribution < 1.29 is 9.21 Å². The van der Waals surface area contributed by atoms with Crippen LogP contribution in [0, 0.1) is 6.92 Å². The van der Waals surface area contributed by atoms with E-state index in [1.165, 1.54) is 25.8 Å². The number of likely N-dealkylation sites (tertiary alicyclic amines) is 2. The fraction of sp³-hybridized carbons (Fsp3) is 0.526. The molecule has 3 heterocycles. The number of fused-ring (bicyclic) bond motifs is 1. The molecule has 1 aromatic carbocycles. The molecule has 2 aliphatic rings. The summed E-state index contributed by atoms with van der Waals surface area (Å²) < 4.78 is 5.74. The van der Waals surface area contributed by atoms with Crippen LogP contribution in [-0.2, 0) is 0 Å². The van der Waals surface area contributed by atoms with Gasteiger partial charge in [-0.1, -0.05) is 18.6 Å². The minimum atomic E-state index is 0.103. The van der Waals surface area contributed by atoms with Crippen LogP contribution < -0.4 is 0 Å². The zero-order valence-corrected chi connectivity index (χ0v) is 13.9. The second kappa shape index (κ2) is 5.68. The van der Waals surface area contributed by atoms with Gasteiger partial charge in [-0.05, 0) is 45.4 Å². The largest absolute Gasteiger partial charge is 0.461 e. The highest BCUT2D eigenvalue weighted by molar-refractivity contribution is 6.05. The summed E-state index contributed by atoms with van der Waals surface area (Å²) in [6.45, 7) is 7.11. The molecule has 2 aliphatic heterocycles. The first kappa shape index (κ1) is 14.8. The fourth-order valence-corrected chi connectivity index (χ4v) is 4.02. The summed E-state index contributed by atoms with van der Waals surface area (Å²) in [5.74, 6) is 0.953. The summed E-state index contributed by atoms with van der Waals surface area (Å²) in [7, 11) is 0. The summed E-state index contributed by atoms with van der Waals surface area (Å²) in [5, 5.41) is 1.01. The van der Waals surface area contributed by atoms with Crippen molar-refractivity contribution in [3.05, 3.63) is 35.6 Å². The maximum absolute atomic E-state index is 12.8. The van der Waals surface area contributed by atoms with Crippen LogP contribution in [0.1, 0.15) is 42.3 Å². The van der Waals surface area contributed by atoms with Crippen molar-refractivity contribution in [3.8, 4) is 0 Å². The zero-order chi connectivity index (χ0) is 16.0. The number of rotatable bonds is 2. The Morgan fingerprint density at radius 2 is 2.09 bits per heavy atom. The molecule has 0 radical (unpaired) electrons. The Hall–Kier alpha value is -1.81. The summed E-state index contributed by atoms with van der Waals surface area (Å²) in [4.78, 5) is 17.4. The van der Waals surface area contributed by atoms with Crippen LogP contribution in [0.25, 0.3) is 11.0 Å². The Kier molecular flexibility index (Phi) is 3.64. The molecular formula is C19H24N2O2. The third-order valence-electron chi connectivity index (χ3n) is 5.37. The van der Waals surface area contributed by atoms with Gasteiger partial charge in [0.05, 0.1) is 5.56 Å². The third kappa shape index (κ3) is 2.55. The minimum absolute atomic E-state index is 0.103. The van der Waals surface area contributed by atoms with E-state index in [2.05, 4.69) is 11.8 Å². The minimum Gasteiger partial charge on any atom is -0.461 e. The van der Waals surface area contributed by atoms with E-state index in [0.29, 0.717) is 17.6 Å². The van der Waals surface area contributed by atoms with Crippen LogP contribution in [0.5, 0.6) is 0 Å². The molecule has 122 valence electrons. The summed E-state index contributed by atoms with van der Waals surface area (Å²) in [6.07, 6.45) is 3.92. The molecule has 1 unspecified atom stereocenters. The SMILES string of the molecule is Cc1cc2cccc(C(=O)N3CC(N4CCCCC4C)C3)c2o1. The van der Waals surface area contributed by atoms with E-state index in [1.54, 1.807) is 0 Å². The van der Waals surface area contributed by atoms with E-state index in [0.717, 1.165) is 29.8 Å². The Labute approximate surface area is 137 Å². The molecule has 0 N–H and O–H groups in total. The molecule has 4 heteroatoms. The lowest BCUT2D eigenvalue weighted by molar-refractivity contribution is 0.00218. The van der Waals surface area contributed by atoms with Gasteiger partial charge in [-0.2, -0.15) is 0 Å². The molecule has 1 amide bonds. The number of hydrogen-bond donors (Lipinski definition) is 0. The maximum Gasteiger partial charge on any atom is 0.257 e. The molecule has 0 bridgehead atoms. The monoisotopic (exact) mass is 312 g/mol. The second-order valence-corrected chi connectivity index (χ2v) is 7.03. The molecule has 1 atom stereocenters. The highest BCUT2D eigenvalue weighted by atomic mass is 16.3. The molecule has 4 nitrogen and oxygen atoms in total. The lowest BCUT2D eigenvalue weighted by Crippen LogP contribution is -2.63. The lowest BCUT2D eigenvalue weighted by Gasteiger charge is -2.49. The Balaban J connectivity index is 1.48. The molecular weight excluding hydrogens is 288 g/mol. The first-order valence-corrected chi connectivity index (χ1v) is 8.67. The molecule has 2 aromatic rings. The zero-order valence-electron chi connectivity index (χ0n) is 13.9. The fourth-order valence-electron chi connectivity index (χ4n) is 4.02. The van der Waals surface area contributed by atoms with E-state index >= 15 is 0 Å². The molecule has 4 rings (SSSR count). The standard InChI is InChI=1S/C19H24N2O2/c1-13-6-3-4-9-21(13)16-11-20(12-16)19(22)17-8-5-7-15-10-14(2)23-18(15)17/h5,7-8,10,13,16H,3-4,6,9,11-12H2,1-2H3. The lowest BCUT2D eigenvalue weighted by atomic mass is 9.97. The van der Waals surface area contributed by atoms with Crippen molar-refractivity contribution in [2.45, 2.75) is 45.2 Å². The molecule has 2 saturated heterocycles. The van der Waals surface area contributed by atoms with E-state index in [4.69, 9.17) is 4.42 Å². The van der Waals surface area contributed by atoms with Gasteiger partial charge in [0.15, 0.2) is 0 Å². The van der Waals surface area contributed by atoms with Crippen molar-refractivity contribution in [2.75, 3.05) is 19.6 Å². The number of hydrogen-bond acceptors (Lipinski definition) is 3. The van der Waals surface area contributed by atoms with Gasteiger partial charge in [0, 0.05) is 30.6 Å². The molecule has 23 heavy (non-hydrogen) atoms. The molecule has 0 spiro atoms. The second-order valence-electron chi connectivity index (χ2n) is 7.03. The molecule has 0 saturated carbocycles. The average Bonchev–Trinajstić information content (AvgIpc) is 2.87. The van der Waals surface area contributed by atoms with Crippen molar-refractivity contribution in [2.24, 2.45) is 0 Å². The highest BCUT2D eigenvalue weighted by Crippen LogP contribution is 2.28. The van der Waals surface area contributed by atoms with Gasteiger partial charge in [-0.25, -0.2) is 0 Å². The van der Waals surface area contributed by atoms with Gasteiger partial charge >= 0.3 is 0 Å². The number of aryl methyl sites for hydroxylation is 1. The first-order chi connectivity index (χ1) is 11.1. The smallest absolute Gasteiger partial charge is 0.257 e. The predicted octanol–water partition coefficient (Wildman–Crippen LogP) is 3.44. The number of furan rings is 1. The first-order valence-electron chi connectivity index (χ1n) is 8.67. The normalized spacial score (nSPS) is 23.2. The average molecular weight is 312 g/mol. The van der Waals surface area contributed by atoms with Crippen LogP contribution in [0.4, 0.5) is 0 Å². The van der Waals surface area contributed by atoms with Crippen molar-refractivity contribution in [1.29, 1.82) is 0 Å². The van der Waals surface area contributed by atoms with Crippen molar-refractivity contribution in [3.63, 3.8) is 0 Å². The number of nitrogens with zero attached hydrogens (tertiary/aromatic N) is 2. The Morgan fingerprint density at radius 3 is 2.87 bits per heavy atom. The number of amides is 1. The number of carbonyl (C=O) groups excluding carboxylic acids is 1. The molecule has 2 fully saturated rings. The quantitative estimate of drug-likeness (QED) is 0.852. The Bertz CT molecular complexity index is 730. The van der Waals surface area contributed by atoms with E-state index in [-0.39, 0.29) is 5.91 Å². The molecule has 1 aromatic heterocycles. The number of carbonyl (C=O) groups is 1. The van der Waals surface area contributed by atoms with Gasteiger partial charge in [0.25, 0.3) is 5.91 Å². The summed E-state index contributed by atoms with van der Waals surface area (Å²) in [5.41, 5.74) is 1.42. The van der Waals surface area contributed by atoms with Crippen LogP contribution in [0.2, 0.25) is 0 Å². The van der Waals surface area contributed by atoms with E-state index in [9.17, 15) is 4.79 Å². The number of benzene rings is 1. The predicted molar refractivity (Wildman–Crippen MR) is 90.7 cm³/mol. The van der Waals surface area contributed by atoms with Gasteiger partial charge < -0.3 is 9.32 Å². The maximum atomic E-state index is 12.8. The van der Waals surface area contributed by atoms with Crippen LogP contribution in [-0.4, -0.2) is 47.4 Å². The van der Waals surface area contributed by atoms with E-state index < -0.39 is 0 Å². The summed E-state index contributed by atoms with van der Waals surface area (Å²) in [6, 6.07) is 8.99. The number of para-hydroxylation sites is 1. The topological polar surface area (TPSA) is 36.7 Å². The van der Waals surface area contributed by atoms with Gasteiger partial charge in [-0.3, -0.25) is 9.69 Å². The van der Waals surface area contributed by atoms with Crippen LogP contribution >= 0.6 is 0 Å². The van der Waals surface area contributed by atoms with Crippen LogP contribution in [0.3, 0.4) is 0 Å². The van der Waals surface area contributed by atoms with Gasteiger partial charge in [0.2, 0.25) is 0 Å². The van der Waals surface area contributed by atoms with Crippen molar-refractivity contribution in [1.82, 2.24) is 9.80 Å². The third-order valence-corrected chi connectivity index (χ3v) is 5.37. The van der Waals surface area contributed by atoms with Crippen LogP contribution in [0.15, 0.2) is 28.7 Å². The van der Waals surface area contributed by atoms with Crippen molar-refractivity contribution >= 4 is 16.9 Å². The van der Waals surface area contributed by atoms with Gasteiger partial charge in [-0.15, -0.1) is 0 Å². The molecule has 0 aliphatic carbocycles. The summed E-state index contributed by atoms with van der Waals surface area (Å²) >= 11 is 0. The highest BCUT2D eigenvalue weighted by Gasteiger charge is 2.38. The number of piperidine rings is 1.